The molecule has 0 radical (unpaired) electrons. The Bertz CT molecular complexity index is 1310. The lowest BCUT2D eigenvalue weighted by molar-refractivity contribution is -0.149. The van der Waals surface area contributed by atoms with Crippen molar-refractivity contribution in [1.82, 2.24) is 14.6 Å². The molecule has 0 spiro atoms. The Kier molecular flexibility index (Phi) is 8.73. The summed E-state index contributed by atoms with van der Waals surface area (Å²) in [6.07, 6.45) is 0.0872. The fourth-order valence-electron chi connectivity index (χ4n) is 3.40. The Morgan fingerprint density at radius 1 is 1.32 bits per heavy atom. The first-order valence-corrected chi connectivity index (χ1v) is 12.7. The van der Waals surface area contributed by atoms with E-state index in [1.165, 1.54) is 19.1 Å². The van der Waals surface area contributed by atoms with Crippen LogP contribution in [0.2, 0.25) is 0 Å². The fourth-order valence-corrected chi connectivity index (χ4v) is 4.92. The molecule has 1 aromatic heterocycles. The third-order valence-corrected chi connectivity index (χ3v) is 6.85. The van der Waals surface area contributed by atoms with Gasteiger partial charge in [-0.05, 0) is 32.9 Å². The molecular formula is C23H27FN3O9P. The monoisotopic (exact) mass is 539 g/mol. The normalized spacial score (nSPS) is 25.7. The number of halogens is 1. The number of esters is 1. The predicted molar refractivity (Wildman–Crippen MR) is 128 cm³/mol. The van der Waals surface area contributed by atoms with Gasteiger partial charge in [0.25, 0.3) is 5.56 Å². The van der Waals surface area contributed by atoms with Gasteiger partial charge in [0.05, 0.1) is 6.10 Å². The molecule has 0 aliphatic carbocycles. The van der Waals surface area contributed by atoms with Crippen molar-refractivity contribution in [1.29, 1.82) is 0 Å². The van der Waals surface area contributed by atoms with Crippen molar-refractivity contribution in [2.45, 2.75) is 57.0 Å². The summed E-state index contributed by atoms with van der Waals surface area (Å²) in [6.45, 7) is 3.76. The van der Waals surface area contributed by atoms with Crippen LogP contribution in [-0.4, -0.2) is 57.3 Å². The van der Waals surface area contributed by atoms with Crippen LogP contribution in [0.4, 0.5) is 4.39 Å². The molecule has 3 rings (SSSR count). The van der Waals surface area contributed by atoms with Crippen LogP contribution in [0.3, 0.4) is 0 Å². The molecule has 1 aliphatic rings. The van der Waals surface area contributed by atoms with Crippen molar-refractivity contribution < 1.29 is 37.4 Å². The van der Waals surface area contributed by atoms with E-state index in [2.05, 4.69) is 11.0 Å². The third-order valence-electron chi connectivity index (χ3n) is 5.23. The number of aliphatic hydroxyl groups is 1. The zero-order valence-corrected chi connectivity index (χ0v) is 21.1. The largest absolute Gasteiger partial charge is 0.462 e. The molecule has 2 heterocycles. The molecule has 1 aromatic carbocycles. The topological polar surface area (TPSA) is 158 Å². The Morgan fingerprint density at radius 2 is 2.00 bits per heavy atom. The van der Waals surface area contributed by atoms with Crippen LogP contribution >= 0.6 is 7.75 Å². The number of terminal acetylenes is 1. The van der Waals surface area contributed by atoms with Crippen LogP contribution < -0.4 is 20.9 Å². The first-order chi connectivity index (χ1) is 17.4. The zero-order valence-electron chi connectivity index (χ0n) is 20.2. The maximum absolute atomic E-state index is 15.1. The number of benzene rings is 1. The maximum atomic E-state index is 15.1. The quantitative estimate of drug-likeness (QED) is 0.228. The van der Waals surface area contributed by atoms with Crippen LogP contribution in [0, 0.1) is 12.3 Å². The Hall–Kier alpha value is -3.27. The van der Waals surface area contributed by atoms with E-state index in [1.807, 2.05) is 4.98 Å². The van der Waals surface area contributed by atoms with Gasteiger partial charge < -0.3 is 19.1 Å². The van der Waals surface area contributed by atoms with Gasteiger partial charge in [0.15, 0.2) is 18.0 Å². The van der Waals surface area contributed by atoms with Crippen molar-refractivity contribution in [3.05, 3.63) is 63.4 Å². The van der Waals surface area contributed by atoms with Crippen molar-refractivity contribution in [3.63, 3.8) is 0 Å². The van der Waals surface area contributed by atoms with Crippen LogP contribution in [0.25, 0.3) is 0 Å². The van der Waals surface area contributed by atoms with Gasteiger partial charge in [-0.25, -0.2) is 13.8 Å². The smallest absolute Gasteiger partial charge is 0.459 e. The molecule has 0 bridgehead atoms. The van der Waals surface area contributed by atoms with E-state index < -0.39 is 67.8 Å². The van der Waals surface area contributed by atoms with Crippen LogP contribution in [0.1, 0.15) is 27.0 Å². The molecule has 1 saturated heterocycles. The number of hydrogen-bond acceptors (Lipinski definition) is 9. The Balaban J connectivity index is 1.87. The van der Waals surface area contributed by atoms with E-state index >= 15 is 4.39 Å². The second kappa shape index (κ2) is 11.4. The van der Waals surface area contributed by atoms with Gasteiger partial charge in [0.1, 0.15) is 24.5 Å². The molecule has 0 unspecified atom stereocenters. The van der Waals surface area contributed by atoms with Gasteiger partial charge in [-0.15, -0.1) is 6.42 Å². The fraction of sp³-hybridized carbons (Fsp3) is 0.435. The van der Waals surface area contributed by atoms with E-state index in [0.29, 0.717) is 4.57 Å². The number of aromatic nitrogens is 2. The van der Waals surface area contributed by atoms with E-state index in [1.54, 1.807) is 32.0 Å². The lowest BCUT2D eigenvalue weighted by atomic mass is 9.98. The Labute approximate surface area is 211 Å². The summed E-state index contributed by atoms with van der Waals surface area (Å²) in [5.41, 5.74) is -3.95. The number of H-pyrrole nitrogens is 1. The van der Waals surface area contributed by atoms with Crippen LogP contribution in [0.5, 0.6) is 5.75 Å². The maximum Gasteiger partial charge on any atom is 0.459 e. The first-order valence-electron chi connectivity index (χ1n) is 11.2. The van der Waals surface area contributed by atoms with Crippen molar-refractivity contribution in [2.75, 3.05) is 6.61 Å². The van der Waals surface area contributed by atoms with Gasteiger partial charge >= 0.3 is 19.4 Å². The second-order valence-corrected chi connectivity index (χ2v) is 10.2. The minimum atomic E-state index is -4.43. The molecule has 37 heavy (non-hydrogen) atoms. The van der Waals surface area contributed by atoms with Crippen molar-refractivity contribution >= 4 is 13.7 Å². The highest BCUT2D eigenvalue weighted by Gasteiger charge is 2.57. The number of aliphatic hydroxyl groups excluding tert-OH is 1. The number of alkyl halides is 1. The lowest BCUT2D eigenvalue weighted by Gasteiger charge is -2.29. The summed E-state index contributed by atoms with van der Waals surface area (Å²) in [5.74, 6) is 1.46. The van der Waals surface area contributed by atoms with Gasteiger partial charge in [-0.1, -0.05) is 24.1 Å². The number of rotatable bonds is 10. The number of carbonyl (C=O) groups is 1. The minimum Gasteiger partial charge on any atom is -0.462 e. The SMILES string of the molecule is C#C[C@]1(CO[P@](=O)(N[C@@H](C)C(=O)OC(C)C)Oc2ccccc2)O[C@@H](n2ccc(=O)[nH]c2=O)[C@H](F)[C@@H]1O. The molecule has 12 nitrogen and oxygen atoms in total. The molecule has 1 aliphatic heterocycles. The molecule has 0 saturated carbocycles. The van der Waals surface area contributed by atoms with Gasteiger partial charge in [-0.3, -0.25) is 23.7 Å². The van der Waals surface area contributed by atoms with Crippen molar-refractivity contribution in [2.24, 2.45) is 0 Å². The predicted octanol–water partition coefficient (Wildman–Crippen LogP) is 1.27. The number of hydrogen-bond donors (Lipinski definition) is 3. The average Bonchev–Trinajstić information content (AvgIpc) is 3.08. The van der Waals surface area contributed by atoms with E-state index in [4.69, 9.17) is 24.9 Å². The third kappa shape index (κ3) is 6.54. The van der Waals surface area contributed by atoms with Crippen LogP contribution in [0.15, 0.2) is 52.2 Å². The number of para-hydroxylation sites is 1. The van der Waals surface area contributed by atoms with E-state index in [9.17, 15) is 24.1 Å². The molecule has 3 N–H and O–H groups in total. The highest BCUT2D eigenvalue weighted by atomic mass is 31.2. The average molecular weight is 539 g/mol. The number of nitrogens with zero attached hydrogens (tertiary/aromatic N) is 1. The number of carbonyl (C=O) groups excluding carboxylic acids is 1. The molecule has 200 valence electrons. The lowest BCUT2D eigenvalue weighted by Crippen LogP contribution is -2.45. The molecule has 1 fully saturated rings. The molecule has 2 aromatic rings. The molecular weight excluding hydrogens is 512 g/mol. The first kappa shape index (κ1) is 28.3. The van der Waals surface area contributed by atoms with Gasteiger partial charge in [0.2, 0.25) is 0 Å². The standard InChI is InChI=1S/C23H27FN3O9P/c1-5-23(19(29)18(24)20(35-23)27-12-11-17(28)25-22(27)31)13-33-37(32,36-16-9-7-6-8-10-16)26-15(4)21(30)34-14(2)3/h1,6-12,14-15,18-20,29H,13H2,2-4H3,(H,26,32)(H,25,28,31)/t15-,18+,19-,20+,23+,37+/m0/s1. The highest BCUT2D eigenvalue weighted by molar-refractivity contribution is 7.52. The van der Waals surface area contributed by atoms with Crippen molar-refractivity contribution in [3.8, 4) is 18.1 Å². The van der Waals surface area contributed by atoms with Gasteiger partial charge in [0, 0.05) is 12.3 Å². The Morgan fingerprint density at radius 3 is 2.59 bits per heavy atom. The minimum absolute atomic E-state index is 0.103. The second-order valence-electron chi connectivity index (χ2n) is 8.46. The van der Waals surface area contributed by atoms with Gasteiger partial charge in [-0.2, -0.15) is 5.09 Å². The summed E-state index contributed by atoms with van der Waals surface area (Å²) in [5, 5.41) is 13.0. The summed E-state index contributed by atoms with van der Waals surface area (Å²) in [6, 6.07) is 7.62. The van der Waals surface area contributed by atoms with E-state index in [-0.39, 0.29) is 5.75 Å². The van der Waals surface area contributed by atoms with Crippen LogP contribution in [-0.2, 0) is 23.4 Å². The molecule has 14 heteroatoms. The van der Waals surface area contributed by atoms with E-state index in [0.717, 1.165) is 12.3 Å². The zero-order chi connectivity index (χ0) is 27.4. The molecule has 6 atom stereocenters. The molecule has 0 amide bonds. The summed E-state index contributed by atoms with van der Waals surface area (Å²) >= 11 is 0. The summed E-state index contributed by atoms with van der Waals surface area (Å²) < 4.78 is 51.1. The highest BCUT2D eigenvalue weighted by Crippen LogP contribution is 2.48. The summed E-state index contributed by atoms with van der Waals surface area (Å²) in [4.78, 5) is 37.7. The number of nitrogens with one attached hydrogen (secondary N) is 2. The summed E-state index contributed by atoms with van der Waals surface area (Å²) in [7, 11) is -4.43. The number of aromatic amines is 1. The number of ether oxygens (including phenoxy) is 2.